The minimum Gasteiger partial charge on any atom is -0.481 e. The molecule has 14 heteroatoms. The number of ether oxygens (including phenoxy) is 2. The summed E-state index contributed by atoms with van der Waals surface area (Å²) in [6, 6.07) is -1.07. The molecule has 0 spiro atoms. The van der Waals surface area contributed by atoms with Crippen LogP contribution in [0.3, 0.4) is 0 Å². The van der Waals surface area contributed by atoms with Crippen molar-refractivity contribution >= 4 is 41.5 Å². The third-order valence-electron chi connectivity index (χ3n) is 11.5. The van der Waals surface area contributed by atoms with E-state index in [1.807, 2.05) is 140 Å². The Labute approximate surface area is 409 Å². The van der Waals surface area contributed by atoms with Crippen LogP contribution in [0.5, 0.6) is 0 Å². The van der Waals surface area contributed by atoms with Crippen molar-refractivity contribution in [2.75, 3.05) is 26.2 Å². The number of aliphatic carboxylic acids is 1. The number of carboxylic acid groups (broad SMARTS) is 1. The largest absolute Gasteiger partial charge is 0.481 e. The van der Waals surface area contributed by atoms with Crippen LogP contribution in [0.2, 0.25) is 0 Å². The van der Waals surface area contributed by atoms with Crippen molar-refractivity contribution in [2.24, 2.45) is 10.8 Å². The second-order valence-corrected chi connectivity index (χ2v) is 18.8. The predicted molar refractivity (Wildman–Crippen MR) is 272 cm³/mol. The van der Waals surface area contributed by atoms with Gasteiger partial charge in [0.2, 0.25) is 0 Å². The van der Waals surface area contributed by atoms with Crippen LogP contribution < -0.4 is 21.3 Å². The standard InChI is InChI=1S/C55H76N4O10/c1-12-13-16-31-56-52(66)58-35-48(62)68-45-33-54(8,9)43(41(6)50(45)64)29-27-39(4)24-17-22-37(2)20-14-15-21-38(3)23-18-25-40(5)28-30-44-42(7)51(65)46(34-55(44,10)11)69-49(63)36-59-53(67)57-32-19-26-47(60)61/h14-15,17-18,20-25,27-30,45-46H,12-13,16,19,26,31-36H2,1-11H3,(H,60,61)(H2,56,58,66)(H2,57,59,67)/b15-14+,22-17+,23-18+,29-27+,30-28+,37-20+,38-21+,39-24+,40-25+/t45-,46-/m0/s1. The highest BCUT2D eigenvalue weighted by Crippen LogP contribution is 2.42. The molecule has 0 saturated carbocycles. The normalized spacial score (nSPS) is 19.3. The van der Waals surface area contributed by atoms with Crippen LogP contribution >= 0.6 is 0 Å². The first kappa shape index (κ1) is 58.6. The van der Waals surface area contributed by atoms with E-state index in [1.165, 1.54) is 0 Å². The Kier molecular flexibility index (Phi) is 24.9. The van der Waals surface area contributed by atoms with E-state index in [0.717, 1.165) is 52.7 Å². The van der Waals surface area contributed by atoms with Gasteiger partial charge < -0.3 is 35.8 Å². The van der Waals surface area contributed by atoms with Gasteiger partial charge in [-0.25, -0.2) is 9.59 Å². The van der Waals surface area contributed by atoms with Crippen molar-refractivity contribution in [3.8, 4) is 0 Å². The summed E-state index contributed by atoms with van der Waals surface area (Å²) in [6.45, 7) is 21.5. The quantitative estimate of drug-likeness (QED) is 0.0352. The van der Waals surface area contributed by atoms with Gasteiger partial charge in [-0.2, -0.15) is 0 Å². The number of amides is 4. The van der Waals surface area contributed by atoms with Crippen LogP contribution in [0, 0.1) is 10.8 Å². The van der Waals surface area contributed by atoms with Crippen LogP contribution in [-0.2, 0) is 33.4 Å². The van der Waals surface area contributed by atoms with Gasteiger partial charge in [0.15, 0.2) is 23.8 Å². The van der Waals surface area contributed by atoms with E-state index in [4.69, 9.17) is 14.6 Å². The smallest absolute Gasteiger partial charge is 0.326 e. The zero-order valence-corrected chi connectivity index (χ0v) is 42.6. The molecule has 69 heavy (non-hydrogen) atoms. The number of carbonyl (C=O) groups is 7. The average Bonchev–Trinajstić information content (AvgIpc) is 3.27. The van der Waals surface area contributed by atoms with Crippen LogP contribution in [0.4, 0.5) is 9.59 Å². The van der Waals surface area contributed by atoms with Gasteiger partial charge in [0.05, 0.1) is 0 Å². The maximum atomic E-state index is 13.2. The number of urea groups is 2. The van der Waals surface area contributed by atoms with E-state index in [1.54, 1.807) is 13.8 Å². The molecule has 2 aliphatic rings. The predicted octanol–water partition coefficient (Wildman–Crippen LogP) is 9.66. The Balaban J connectivity index is 1.91. The van der Waals surface area contributed by atoms with Gasteiger partial charge in [-0.15, -0.1) is 0 Å². The molecule has 0 bridgehead atoms. The molecule has 14 nitrogen and oxygen atoms in total. The van der Waals surface area contributed by atoms with Crippen LogP contribution in [0.15, 0.2) is 130 Å². The SMILES string of the molecule is CCCCCNC(=O)NCC(=O)O[C@H]1CC(C)(C)C(/C=C/C(C)=C/C=C/C(C)=C/C=C/C=C(C)/C=C/C=C(C)/C=C/C2=C(C)C(=O)[C@@H](OC(=O)CNC(=O)NCCCC(=O)O)CC2(C)C)=C(C)C1=O. The topological polar surface area (TPSA) is 206 Å². The fourth-order valence-electron chi connectivity index (χ4n) is 7.61. The molecule has 2 aliphatic carbocycles. The van der Waals surface area contributed by atoms with Gasteiger partial charge in [0.25, 0.3) is 0 Å². The lowest BCUT2D eigenvalue weighted by Crippen LogP contribution is -2.43. The van der Waals surface area contributed by atoms with Gasteiger partial charge in [0, 0.05) is 32.4 Å². The lowest BCUT2D eigenvalue weighted by Gasteiger charge is -2.36. The molecule has 2 rings (SSSR count). The molecule has 4 amide bonds. The fraction of sp³-hybridized carbons (Fsp3) is 0.473. The molecule has 0 radical (unpaired) electrons. The number of esters is 2. The monoisotopic (exact) mass is 953 g/mol. The average molecular weight is 953 g/mol. The minimum absolute atomic E-state index is 0.0833. The summed E-state index contributed by atoms with van der Waals surface area (Å²) < 4.78 is 11.0. The summed E-state index contributed by atoms with van der Waals surface area (Å²) in [6.07, 6.45) is 29.5. The van der Waals surface area contributed by atoms with E-state index < -0.39 is 59.6 Å². The van der Waals surface area contributed by atoms with Gasteiger partial charge in [-0.3, -0.25) is 24.0 Å². The Bertz CT molecular complexity index is 2240. The molecule has 0 heterocycles. The van der Waals surface area contributed by atoms with Crippen molar-refractivity contribution in [2.45, 2.75) is 133 Å². The maximum Gasteiger partial charge on any atom is 0.326 e. The Morgan fingerprint density at radius 1 is 0.580 bits per heavy atom. The van der Waals surface area contributed by atoms with Crippen molar-refractivity contribution in [3.63, 3.8) is 0 Å². The molecule has 0 aliphatic heterocycles. The summed E-state index contributed by atoms with van der Waals surface area (Å²) in [5.74, 6) is -2.88. The second kappa shape index (κ2) is 29.3. The minimum atomic E-state index is -0.973. The van der Waals surface area contributed by atoms with Gasteiger partial charge in [0.1, 0.15) is 13.1 Å². The fourth-order valence-corrected chi connectivity index (χ4v) is 7.61. The number of allylic oxidation sites excluding steroid dienone is 20. The highest BCUT2D eigenvalue weighted by molar-refractivity contribution is 6.02. The van der Waals surface area contributed by atoms with Crippen molar-refractivity contribution in [1.29, 1.82) is 0 Å². The van der Waals surface area contributed by atoms with Crippen LogP contribution in [-0.4, -0.2) is 85.0 Å². The number of nitrogens with one attached hydrogen (secondary N) is 4. The third-order valence-corrected chi connectivity index (χ3v) is 11.5. The van der Waals surface area contributed by atoms with Crippen molar-refractivity contribution < 1.29 is 48.1 Å². The summed E-state index contributed by atoms with van der Waals surface area (Å²) in [5.41, 5.74) is 5.98. The lowest BCUT2D eigenvalue weighted by molar-refractivity contribution is -0.155. The maximum absolute atomic E-state index is 13.2. The number of ketones is 2. The Morgan fingerprint density at radius 3 is 1.35 bits per heavy atom. The van der Waals surface area contributed by atoms with E-state index >= 15 is 0 Å². The zero-order chi connectivity index (χ0) is 51.7. The van der Waals surface area contributed by atoms with Gasteiger partial charge >= 0.3 is 30.0 Å². The molecular formula is C55H76N4O10. The Morgan fingerprint density at radius 2 is 0.957 bits per heavy atom. The van der Waals surface area contributed by atoms with E-state index in [0.29, 0.717) is 24.1 Å². The zero-order valence-electron chi connectivity index (χ0n) is 42.6. The molecule has 5 N–H and O–H groups in total. The lowest BCUT2D eigenvalue weighted by atomic mass is 9.71. The number of unbranched alkanes of at least 4 members (excludes halogenated alkanes) is 2. The molecule has 0 aromatic heterocycles. The number of Topliss-reactive ketones (excluding diaryl/α,β-unsaturated/α-hetero) is 2. The molecule has 0 fully saturated rings. The van der Waals surface area contributed by atoms with E-state index in [-0.39, 0.29) is 43.9 Å². The van der Waals surface area contributed by atoms with Gasteiger partial charge in [-0.05, 0) is 87.5 Å². The summed E-state index contributed by atoms with van der Waals surface area (Å²) in [5, 5.41) is 18.7. The molecule has 0 unspecified atom stereocenters. The number of carbonyl (C=O) groups excluding carboxylic acids is 6. The highest BCUT2D eigenvalue weighted by atomic mass is 16.6. The molecular weight excluding hydrogens is 877 g/mol. The number of carboxylic acids is 1. The van der Waals surface area contributed by atoms with Gasteiger partial charge in [-0.1, -0.05) is 155 Å². The highest BCUT2D eigenvalue weighted by Gasteiger charge is 2.41. The molecule has 0 aromatic carbocycles. The van der Waals surface area contributed by atoms with E-state index in [9.17, 15) is 33.6 Å². The molecule has 2 atom stereocenters. The first-order chi connectivity index (χ1) is 32.5. The van der Waals surface area contributed by atoms with Crippen molar-refractivity contribution in [1.82, 2.24) is 21.3 Å². The summed E-state index contributed by atoms with van der Waals surface area (Å²) in [4.78, 5) is 85.9. The molecule has 376 valence electrons. The van der Waals surface area contributed by atoms with Crippen molar-refractivity contribution in [3.05, 3.63) is 130 Å². The second-order valence-electron chi connectivity index (χ2n) is 18.8. The summed E-state index contributed by atoms with van der Waals surface area (Å²) in [7, 11) is 0. The molecule has 0 aromatic rings. The summed E-state index contributed by atoms with van der Waals surface area (Å²) >= 11 is 0. The van der Waals surface area contributed by atoms with Crippen LogP contribution in [0.25, 0.3) is 0 Å². The number of hydrogen-bond acceptors (Lipinski definition) is 9. The third kappa shape index (κ3) is 21.9. The van der Waals surface area contributed by atoms with E-state index in [2.05, 4.69) is 28.2 Å². The van der Waals surface area contributed by atoms with Crippen LogP contribution in [0.1, 0.15) is 121 Å². The first-order valence-corrected chi connectivity index (χ1v) is 23.7. The first-order valence-electron chi connectivity index (χ1n) is 23.7. The number of rotatable bonds is 24. The molecule has 0 saturated heterocycles. The number of hydrogen-bond donors (Lipinski definition) is 5. The Hall–Kier alpha value is -6.57.